The first kappa shape index (κ1) is 25.6. The zero-order chi connectivity index (χ0) is 25.3. The van der Waals surface area contributed by atoms with Gasteiger partial charge in [-0.05, 0) is 62.3 Å². The van der Waals surface area contributed by atoms with E-state index in [1.807, 2.05) is 25.1 Å². The molecule has 1 aliphatic carbocycles. The summed E-state index contributed by atoms with van der Waals surface area (Å²) in [6.07, 6.45) is 9.99. The minimum Gasteiger partial charge on any atom is -0.367 e. The van der Waals surface area contributed by atoms with E-state index < -0.39 is 0 Å². The Bertz CT molecular complexity index is 1200. The maximum absolute atomic E-state index is 12.4. The highest BCUT2D eigenvalue weighted by molar-refractivity contribution is 6.33. The van der Waals surface area contributed by atoms with Gasteiger partial charge in [-0.2, -0.15) is 5.26 Å². The Kier molecular flexibility index (Phi) is 8.85. The summed E-state index contributed by atoms with van der Waals surface area (Å²) in [6.45, 7) is 3.77. The summed E-state index contributed by atoms with van der Waals surface area (Å²) < 4.78 is 0. The molecule has 1 aliphatic rings. The van der Waals surface area contributed by atoms with Crippen molar-refractivity contribution < 1.29 is 4.79 Å². The van der Waals surface area contributed by atoms with Gasteiger partial charge in [0.2, 0.25) is 11.9 Å². The van der Waals surface area contributed by atoms with Gasteiger partial charge in [0.25, 0.3) is 0 Å². The predicted octanol–water partition coefficient (Wildman–Crippen LogP) is 4.46. The number of anilines is 2. The smallest absolute Gasteiger partial charge is 0.227 e. The molecule has 3 aromatic heterocycles. The Morgan fingerprint density at radius 2 is 1.94 bits per heavy atom. The van der Waals surface area contributed by atoms with Gasteiger partial charge >= 0.3 is 0 Å². The Hall–Kier alpha value is -3.51. The zero-order valence-corrected chi connectivity index (χ0v) is 21.2. The molecule has 0 bridgehead atoms. The van der Waals surface area contributed by atoms with Crippen LogP contribution in [0.2, 0.25) is 5.15 Å². The van der Waals surface area contributed by atoms with Crippen LogP contribution in [0.5, 0.6) is 0 Å². The Labute approximate surface area is 216 Å². The van der Waals surface area contributed by atoms with Crippen molar-refractivity contribution in [2.45, 2.75) is 51.5 Å². The number of rotatable bonds is 10. The summed E-state index contributed by atoms with van der Waals surface area (Å²) >= 11 is 6.20. The SMILES string of the molecule is CCN(CCC#N)C(=O)Cc1cnc(NC[C@H]2CC[C@H](Nc3ccc4ccnc(Cl)c4n3)CC2)nc1. The number of fused-ring (bicyclic) bond motifs is 1. The van der Waals surface area contributed by atoms with Crippen LogP contribution in [0.25, 0.3) is 10.9 Å². The molecule has 1 saturated carbocycles. The molecular formula is C26H31ClN8O. The number of nitrogens with one attached hydrogen (secondary N) is 2. The number of nitrogens with zero attached hydrogens (tertiary/aromatic N) is 6. The average Bonchev–Trinajstić information content (AvgIpc) is 2.90. The summed E-state index contributed by atoms with van der Waals surface area (Å²) in [5.74, 6) is 1.95. The molecule has 36 heavy (non-hydrogen) atoms. The standard InChI is InChI=1S/C26H31ClN8O/c1-2-35(13-3-11-28)23(36)14-19-16-31-26(32-17-19)30-15-18-4-7-21(8-5-18)33-22-9-6-20-10-12-29-25(27)24(20)34-22/h6,9-10,12,16-18,21H,2-5,7-8,13-15H2,1H3,(H,33,34)(H,30,31,32)/t18-,21-. The highest BCUT2D eigenvalue weighted by Crippen LogP contribution is 2.27. The Balaban J connectivity index is 1.20. The van der Waals surface area contributed by atoms with Crippen LogP contribution in [-0.2, 0) is 11.2 Å². The number of aromatic nitrogens is 4. The third kappa shape index (κ3) is 6.79. The van der Waals surface area contributed by atoms with Crippen LogP contribution in [0.3, 0.4) is 0 Å². The van der Waals surface area contributed by atoms with Gasteiger partial charge in [0.15, 0.2) is 5.15 Å². The summed E-state index contributed by atoms with van der Waals surface area (Å²) in [5, 5.41) is 17.0. The number of hydrogen-bond acceptors (Lipinski definition) is 8. The van der Waals surface area contributed by atoms with Gasteiger partial charge in [-0.15, -0.1) is 0 Å². The van der Waals surface area contributed by atoms with Crippen molar-refractivity contribution in [2.24, 2.45) is 5.92 Å². The van der Waals surface area contributed by atoms with Crippen LogP contribution >= 0.6 is 11.6 Å². The number of carbonyl (C=O) groups excluding carboxylic acids is 1. The molecule has 188 valence electrons. The number of carbonyl (C=O) groups is 1. The molecule has 10 heteroatoms. The maximum Gasteiger partial charge on any atom is 0.227 e. The lowest BCUT2D eigenvalue weighted by Gasteiger charge is -2.29. The van der Waals surface area contributed by atoms with Gasteiger partial charge in [0.05, 0.1) is 18.9 Å². The highest BCUT2D eigenvalue weighted by atomic mass is 35.5. The van der Waals surface area contributed by atoms with Gasteiger partial charge in [0.1, 0.15) is 11.3 Å². The molecule has 0 radical (unpaired) electrons. The van der Waals surface area contributed by atoms with E-state index in [2.05, 4.69) is 36.6 Å². The second-order valence-corrected chi connectivity index (χ2v) is 9.44. The molecular weight excluding hydrogens is 476 g/mol. The van der Waals surface area contributed by atoms with Crippen molar-refractivity contribution in [2.75, 3.05) is 30.3 Å². The fourth-order valence-corrected chi connectivity index (χ4v) is 4.73. The highest BCUT2D eigenvalue weighted by Gasteiger charge is 2.22. The van der Waals surface area contributed by atoms with Gasteiger partial charge in [0, 0.05) is 49.7 Å². The van der Waals surface area contributed by atoms with Crippen LogP contribution in [0, 0.1) is 17.2 Å². The minimum absolute atomic E-state index is 0.0129. The first-order valence-electron chi connectivity index (χ1n) is 12.4. The number of nitriles is 1. The average molecular weight is 507 g/mol. The minimum atomic E-state index is -0.0129. The third-order valence-electron chi connectivity index (χ3n) is 6.60. The lowest BCUT2D eigenvalue weighted by molar-refractivity contribution is -0.130. The molecule has 0 aromatic carbocycles. The van der Waals surface area contributed by atoms with Crippen LogP contribution < -0.4 is 10.6 Å². The molecule has 4 rings (SSSR count). The van der Waals surface area contributed by atoms with Crippen LogP contribution in [0.1, 0.15) is 44.6 Å². The van der Waals surface area contributed by atoms with Crippen LogP contribution in [0.4, 0.5) is 11.8 Å². The van der Waals surface area contributed by atoms with Crippen LogP contribution in [0.15, 0.2) is 36.8 Å². The first-order chi connectivity index (χ1) is 17.6. The third-order valence-corrected chi connectivity index (χ3v) is 6.88. The maximum atomic E-state index is 12.4. The van der Waals surface area contributed by atoms with Crippen molar-refractivity contribution in [1.82, 2.24) is 24.8 Å². The van der Waals surface area contributed by atoms with Crippen LogP contribution in [-0.4, -0.2) is 56.4 Å². The molecule has 0 unspecified atom stereocenters. The molecule has 0 saturated heterocycles. The van der Waals surface area contributed by atoms with Gasteiger partial charge in [-0.3, -0.25) is 4.79 Å². The zero-order valence-electron chi connectivity index (χ0n) is 20.5. The lowest BCUT2D eigenvalue weighted by Crippen LogP contribution is -2.33. The largest absolute Gasteiger partial charge is 0.367 e. The summed E-state index contributed by atoms with van der Waals surface area (Å²) in [4.78, 5) is 31.6. The number of hydrogen-bond donors (Lipinski definition) is 2. The molecule has 0 atom stereocenters. The fourth-order valence-electron chi connectivity index (χ4n) is 4.52. The van der Waals surface area contributed by atoms with E-state index in [1.165, 1.54) is 0 Å². The number of pyridine rings is 2. The topological polar surface area (TPSA) is 120 Å². The van der Waals surface area contributed by atoms with E-state index in [9.17, 15) is 4.79 Å². The van der Waals surface area contributed by atoms with Crippen molar-refractivity contribution in [1.29, 1.82) is 5.26 Å². The molecule has 0 aliphatic heterocycles. The predicted molar refractivity (Wildman–Crippen MR) is 141 cm³/mol. The second kappa shape index (κ2) is 12.5. The van der Waals surface area contributed by atoms with Gasteiger partial charge in [-0.25, -0.2) is 19.9 Å². The van der Waals surface area contributed by atoms with Gasteiger partial charge in [-0.1, -0.05) is 11.6 Å². The van der Waals surface area contributed by atoms with E-state index in [-0.39, 0.29) is 12.3 Å². The lowest BCUT2D eigenvalue weighted by atomic mass is 9.86. The summed E-state index contributed by atoms with van der Waals surface area (Å²) in [7, 11) is 0. The normalized spacial score (nSPS) is 17.4. The van der Waals surface area contributed by atoms with E-state index in [4.69, 9.17) is 16.9 Å². The van der Waals surface area contributed by atoms with Gasteiger partial charge < -0.3 is 15.5 Å². The monoisotopic (exact) mass is 506 g/mol. The van der Waals surface area contributed by atoms with E-state index >= 15 is 0 Å². The molecule has 1 fully saturated rings. The fraction of sp³-hybridized carbons (Fsp3) is 0.462. The van der Waals surface area contributed by atoms with Crippen molar-refractivity contribution >= 4 is 40.2 Å². The molecule has 9 nitrogen and oxygen atoms in total. The molecule has 0 spiro atoms. The van der Waals surface area contributed by atoms with Crippen molar-refractivity contribution in [3.8, 4) is 6.07 Å². The molecule has 2 N–H and O–H groups in total. The quantitative estimate of drug-likeness (QED) is 0.387. The number of likely N-dealkylation sites (N-methyl/N-ethyl adjacent to an activating group) is 1. The Morgan fingerprint density at radius 1 is 1.17 bits per heavy atom. The first-order valence-corrected chi connectivity index (χ1v) is 12.8. The number of halogens is 1. The molecule has 1 amide bonds. The van der Waals surface area contributed by atoms with Crippen molar-refractivity contribution in [3.63, 3.8) is 0 Å². The van der Waals surface area contributed by atoms with E-state index in [1.54, 1.807) is 23.5 Å². The van der Waals surface area contributed by atoms with E-state index in [0.717, 1.165) is 54.5 Å². The molecule has 3 aromatic rings. The summed E-state index contributed by atoms with van der Waals surface area (Å²) in [6, 6.07) is 8.38. The molecule has 3 heterocycles. The second-order valence-electron chi connectivity index (χ2n) is 9.09. The van der Waals surface area contributed by atoms with E-state index in [0.29, 0.717) is 42.6 Å². The number of amides is 1. The Morgan fingerprint density at radius 3 is 2.67 bits per heavy atom. The van der Waals surface area contributed by atoms with Crippen molar-refractivity contribution in [3.05, 3.63) is 47.5 Å². The summed E-state index contributed by atoms with van der Waals surface area (Å²) in [5.41, 5.74) is 1.49.